The van der Waals surface area contributed by atoms with Crippen LogP contribution in [0.2, 0.25) is 0 Å². The van der Waals surface area contributed by atoms with Gasteiger partial charge in [-0.05, 0) is 48.6 Å². The zero-order chi connectivity index (χ0) is 22.1. The van der Waals surface area contributed by atoms with Crippen molar-refractivity contribution < 1.29 is 18.0 Å². The first-order valence-corrected chi connectivity index (χ1v) is 12.0. The van der Waals surface area contributed by atoms with Gasteiger partial charge in [-0.2, -0.15) is 0 Å². The van der Waals surface area contributed by atoms with Gasteiger partial charge >= 0.3 is 11.8 Å². The number of amides is 2. The molecule has 3 N–H and O–H groups in total. The highest BCUT2D eigenvalue weighted by Crippen LogP contribution is 2.20. The minimum Gasteiger partial charge on any atom is -0.348 e. The molecule has 9 heteroatoms. The Morgan fingerprint density at radius 3 is 2.32 bits per heavy atom. The van der Waals surface area contributed by atoms with Crippen LogP contribution in [0.15, 0.2) is 53.7 Å². The Morgan fingerprint density at radius 1 is 0.935 bits per heavy atom. The number of nitrogens with zero attached hydrogens (tertiary/aromatic N) is 1. The summed E-state index contributed by atoms with van der Waals surface area (Å²) < 4.78 is 27.9. The minimum atomic E-state index is -3.53. The van der Waals surface area contributed by atoms with E-state index in [0.29, 0.717) is 6.42 Å². The largest absolute Gasteiger partial charge is 0.348 e. The molecule has 0 atom stereocenters. The first-order valence-electron chi connectivity index (χ1n) is 10.5. The van der Waals surface area contributed by atoms with Crippen molar-refractivity contribution in [2.45, 2.75) is 56.0 Å². The topological polar surface area (TPSA) is 117 Å². The highest BCUT2D eigenvalue weighted by molar-refractivity contribution is 7.89. The van der Waals surface area contributed by atoms with E-state index in [4.69, 9.17) is 0 Å². The predicted molar refractivity (Wildman–Crippen MR) is 116 cm³/mol. The second kappa shape index (κ2) is 11.0. The van der Waals surface area contributed by atoms with Gasteiger partial charge in [-0.15, -0.1) is 0 Å². The van der Waals surface area contributed by atoms with Crippen molar-refractivity contribution in [3.63, 3.8) is 0 Å². The fourth-order valence-electron chi connectivity index (χ4n) is 3.51. The second-order valence-electron chi connectivity index (χ2n) is 7.65. The average Bonchev–Trinajstić information content (AvgIpc) is 2.79. The first kappa shape index (κ1) is 22.9. The molecule has 2 aromatic rings. The van der Waals surface area contributed by atoms with Crippen LogP contribution in [0.3, 0.4) is 0 Å². The van der Waals surface area contributed by atoms with Gasteiger partial charge in [0.2, 0.25) is 10.0 Å². The third kappa shape index (κ3) is 7.15. The molecule has 1 aliphatic carbocycles. The molecule has 1 aromatic carbocycles. The van der Waals surface area contributed by atoms with E-state index in [1.165, 1.54) is 0 Å². The number of nitrogens with one attached hydrogen (secondary N) is 3. The van der Waals surface area contributed by atoms with Crippen molar-refractivity contribution in [2.75, 3.05) is 6.54 Å². The number of pyridine rings is 1. The first-order chi connectivity index (χ1) is 14.9. The zero-order valence-electron chi connectivity index (χ0n) is 17.3. The molecule has 2 amide bonds. The molecule has 1 fully saturated rings. The Hall–Kier alpha value is -2.78. The lowest BCUT2D eigenvalue weighted by Gasteiger charge is -2.22. The number of rotatable bonds is 8. The van der Waals surface area contributed by atoms with Crippen molar-refractivity contribution >= 4 is 21.8 Å². The second-order valence-corrected chi connectivity index (χ2v) is 9.36. The van der Waals surface area contributed by atoms with Crippen LogP contribution < -0.4 is 15.4 Å². The molecular weight excluding hydrogens is 416 g/mol. The Morgan fingerprint density at radius 2 is 1.65 bits per heavy atom. The van der Waals surface area contributed by atoms with Gasteiger partial charge in [0, 0.05) is 31.5 Å². The zero-order valence-corrected chi connectivity index (χ0v) is 18.2. The SMILES string of the molecule is O=C(NCCc1ccc(S(=O)(=O)NC2CCCCC2)cc1)C(=O)NCc1cccnc1. The van der Waals surface area contributed by atoms with Crippen molar-refractivity contribution in [3.8, 4) is 0 Å². The van der Waals surface area contributed by atoms with E-state index in [2.05, 4.69) is 20.3 Å². The molecule has 1 heterocycles. The van der Waals surface area contributed by atoms with E-state index in [-0.39, 0.29) is 24.0 Å². The molecule has 166 valence electrons. The third-order valence-corrected chi connectivity index (χ3v) is 6.78. The van der Waals surface area contributed by atoms with Crippen LogP contribution in [0, 0.1) is 0 Å². The average molecular weight is 445 g/mol. The highest BCUT2D eigenvalue weighted by atomic mass is 32.2. The Kier molecular flexibility index (Phi) is 8.13. The van der Waals surface area contributed by atoms with E-state index in [9.17, 15) is 18.0 Å². The highest BCUT2D eigenvalue weighted by Gasteiger charge is 2.21. The van der Waals surface area contributed by atoms with Crippen LogP contribution in [0.4, 0.5) is 0 Å². The monoisotopic (exact) mass is 444 g/mol. The van der Waals surface area contributed by atoms with Gasteiger partial charge in [0.05, 0.1) is 4.90 Å². The van der Waals surface area contributed by atoms with Crippen LogP contribution >= 0.6 is 0 Å². The summed E-state index contributed by atoms with van der Waals surface area (Å²) in [6.07, 6.45) is 8.77. The number of carbonyl (C=O) groups excluding carboxylic acids is 2. The summed E-state index contributed by atoms with van der Waals surface area (Å²) in [6, 6.07) is 10.2. The van der Waals surface area contributed by atoms with E-state index in [1.54, 1.807) is 48.8 Å². The van der Waals surface area contributed by atoms with E-state index in [0.717, 1.165) is 43.2 Å². The molecule has 0 unspecified atom stereocenters. The molecular formula is C22H28N4O4S. The van der Waals surface area contributed by atoms with Gasteiger partial charge in [-0.25, -0.2) is 13.1 Å². The lowest BCUT2D eigenvalue weighted by atomic mass is 9.96. The molecule has 0 radical (unpaired) electrons. The molecule has 1 aromatic heterocycles. The van der Waals surface area contributed by atoms with Crippen LogP contribution in [0.1, 0.15) is 43.2 Å². The van der Waals surface area contributed by atoms with Crippen LogP contribution in [-0.2, 0) is 32.6 Å². The maximum atomic E-state index is 12.5. The standard InChI is InChI=1S/C22H28N4O4S/c27-21(22(28)25-16-18-5-4-13-23-15-18)24-14-12-17-8-10-20(11-9-17)31(29,30)26-19-6-2-1-3-7-19/h4-5,8-11,13,15,19,26H,1-3,6-7,12,14,16H2,(H,24,27)(H,25,28). The molecule has 3 rings (SSSR count). The quantitative estimate of drug-likeness (QED) is 0.536. The van der Waals surface area contributed by atoms with E-state index >= 15 is 0 Å². The fourth-order valence-corrected chi connectivity index (χ4v) is 4.81. The van der Waals surface area contributed by atoms with Crippen molar-refractivity contribution in [2.24, 2.45) is 0 Å². The summed E-state index contributed by atoms with van der Waals surface area (Å²) >= 11 is 0. The smallest absolute Gasteiger partial charge is 0.309 e. The van der Waals surface area contributed by atoms with Crippen LogP contribution in [0.25, 0.3) is 0 Å². The number of carbonyl (C=O) groups is 2. The van der Waals surface area contributed by atoms with Crippen LogP contribution in [-0.4, -0.2) is 37.8 Å². The van der Waals surface area contributed by atoms with Gasteiger partial charge in [0.25, 0.3) is 0 Å². The molecule has 8 nitrogen and oxygen atoms in total. The van der Waals surface area contributed by atoms with Gasteiger partial charge in [0.15, 0.2) is 0 Å². The van der Waals surface area contributed by atoms with Crippen molar-refractivity contribution in [1.29, 1.82) is 0 Å². The number of hydrogen-bond acceptors (Lipinski definition) is 5. The summed E-state index contributed by atoms with van der Waals surface area (Å²) in [5.74, 6) is -1.42. The van der Waals surface area contributed by atoms with Crippen molar-refractivity contribution in [3.05, 3.63) is 59.9 Å². The maximum Gasteiger partial charge on any atom is 0.309 e. The number of benzene rings is 1. The molecule has 1 saturated carbocycles. The summed E-state index contributed by atoms with van der Waals surface area (Å²) in [5, 5.41) is 5.11. The maximum absolute atomic E-state index is 12.5. The van der Waals surface area contributed by atoms with Gasteiger partial charge in [-0.3, -0.25) is 14.6 Å². The molecule has 0 saturated heterocycles. The van der Waals surface area contributed by atoms with E-state index < -0.39 is 21.8 Å². The Balaban J connectivity index is 1.42. The summed E-state index contributed by atoms with van der Waals surface area (Å²) in [6.45, 7) is 0.497. The van der Waals surface area contributed by atoms with Gasteiger partial charge in [-0.1, -0.05) is 37.5 Å². The van der Waals surface area contributed by atoms with Crippen molar-refractivity contribution in [1.82, 2.24) is 20.3 Å². The van der Waals surface area contributed by atoms with E-state index in [1.807, 2.05) is 0 Å². The van der Waals surface area contributed by atoms with Gasteiger partial charge < -0.3 is 10.6 Å². The van der Waals surface area contributed by atoms with Gasteiger partial charge in [0.1, 0.15) is 0 Å². The summed E-state index contributed by atoms with van der Waals surface area (Å²) in [7, 11) is -3.53. The lowest BCUT2D eigenvalue weighted by molar-refractivity contribution is -0.139. The molecule has 0 bridgehead atoms. The minimum absolute atomic E-state index is 0.0120. The number of aromatic nitrogens is 1. The molecule has 31 heavy (non-hydrogen) atoms. The molecule has 0 aliphatic heterocycles. The molecule has 1 aliphatic rings. The third-order valence-electron chi connectivity index (χ3n) is 5.24. The summed E-state index contributed by atoms with van der Waals surface area (Å²) in [5.41, 5.74) is 1.67. The normalized spacial score (nSPS) is 14.7. The molecule has 0 spiro atoms. The fraction of sp³-hybridized carbons (Fsp3) is 0.409. The number of sulfonamides is 1. The summed E-state index contributed by atoms with van der Waals surface area (Å²) in [4.78, 5) is 27.9. The predicted octanol–water partition coefficient (Wildman–Crippen LogP) is 1.67. The Labute approximate surface area is 182 Å². The Bertz CT molecular complexity index is 972. The lowest BCUT2D eigenvalue weighted by Crippen LogP contribution is -2.40. The van der Waals surface area contributed by atoms with Crippen LogP contribution in [0.5, 0.6) is 0 Å². The number of hydrogen-bond donors (Lipinski definition) is 3.